The first kappa shape index (κ1) is 12.1. The molecule has 0 bridgehead atoms. The Morgan fingerprint density at radius 2 is 2.18 bits per heavy atom. The van der Waals surface area contributed by atoms with E-state index in [1.165, 1.54) is 0 Å². The van der Waals surface area contributed by atoms with Crippen LogP contribution in [0.3, 0.4) is 0 Å². The molecule has 0 spiro atoms. The van der Waals surface area contributed by atoms with E-state index in [9.17, 15) is 9.90 Å². The highest BCUT2D eigenvalue weighted by Gasteiger charge is 2.25. The minimum atomic E-state index is -0.348. The summed E-state index contributed by atoms with van der Waals surface area (Å²) in [5.74, 6) is 0.443. The van der Waals surface area contributed by atoms with Gasteiger partial charge in [-0.1, -0.05) is 0 Å². The Labute approximate surface area is 101 Å². The maximum Gasteiger partial charge on any atom is 0.293 e. The highest BCUT2D eigenvalue weighted by atomic mass is 16.3. The highest BCUT2D eigenvalue weighted by Crippen LogP contribution is 2.16. The minimum absolute atomic E-state index is 0.0888. The van der Waals surface area contributed by atoms with Gasteiger partial charge in [-0.3, -0.25) is 4.79 Å². The fourth-order valence-electron chi connectivity index (χ4n) is 2.08. The van der Waals surface area contributed by atoms with Crippen LogP contribution in [0.5, 0.6) is 0 Å². The summed E-state index contributed by atoms with van der Waals surface area (Å²) in [4.78, 5) is 18.3. The van der Waals surface area contributed by atoms with E-state index in [-0.39, 0.29) is 17.2 Å². The van der Waals surface area contributed by atoms with Crippen LogP contribution < -0.4 is 10.5 Å². The van der Waals surface area contributed by atoms with Crippen molar-refractivity contribution in [2.75, 3.05) is 18.0 Å². The van der Waals surface area contributed by atoms with Gasteiger partial charge in [-0.15, -0.1) is 0 Å². The first-order valence-electron chi connectivity index (χ1n) is 5.91. The van der Waals surface area contributed by atoms with Crippen molar-refractivity contribution in [2.24, 2.45) is 0 Å². The minimum Gasteiger partial charge on any atom is -0.391 e. The molecule has 2 heterocycles. The molecule has 94 valence electrons. The number of hydrogen-bond donors (Lipinski definition) is 1. The molecule has 5 heteroatoms. The van der Waals surface area contributed by atoms with Gasteiger partial charge in [-0.2, -0.15) is 0 Å². The molecule has 1 unspecified atom stereocenters. The van der Waals surface area contributed by atoms with E-state index in [1.807, 2.05) is 25.7 Å². The van der Waals surface area contributed by atoms with Crippen LogP contribution in [0.25, 0.3) is 0 Å². The van der Waals surface area contributed by atoms with Crippen molar-refractivity contribution in [1.29, 1.82) is 0 Å². The van der Waals surface area contributed by atoms with Gasteiger partial charge in [0.1, 0.15) is 0 Å². The predicted molar refractivity (Wildman–Crippen MR) is 66.3 cm³/mol. The number of rotatable bonds is 1. The Bertz CT molecular complexity index is 462. The Kier molecular flexibility index (Phi) is 2.95. The molecule has 1 atom stereocenters. The van der Waals surface area contributed by atoms with E-state index < -0.39 is 0 Å². The molecule has 0 amide bonds. The van der Waals surface area contributed by atoms with Crippen LogP contribution in [-0.2, 0) is 5.54 Å². The molecular formula is C12H19N3O2. The lowest BCUT2D eigenvalue weighted by Gasteiger charge is -2.24. The number of nitrogens with zero attached hydrogens (tertiary/aromatic N) is 3. The Morgan fingerprint density at radius 1 is 1.47 bits per heavy atom. The summed E-state index contributed by atoms with van der Waals surface area (Å²) in [5, 5.41) is 9.50. The van der Waals surface area contributed by atoms with E-state index in [1.54, 1.807) is 17.0 Å². The van der Waals surface area contributed by atoms with E-state index in [2.05, 4.69) is 4.98 Å². The summed E-state index contributed by atoms with van der Waals surface area (Å²) in [5.41, 5.74) is -0.346. The molecule has 1 N–H and O–H groups in total. The van der Waals surface area contributed by atoms with Crippen LogP contribution >= 0.6 is 0 Å². The largest absolute Gasteiger partial charge is 0.391 e. The van der Waals surface area contributed by atoms with Crippen molar-refractivity contribution >= 4 is 5.82 Å². The monoisotopic (exact) mass is 237 g/mol. The van der Waals surface area contributed by atoms with Gasteiger partial charge >= 0.3 is 0 Å². The molecule has 0 aliphatic carbocycles. The molecule has 0 radical (unpaired) electrons. The Balaban J connectivity index is 2.40. The SMILES string of the molecule is CC(C)(C)n1ccnc(N2CCC(O)C2)c1=O. The van der Waals surface area contributed by atoms with Crippen molar-refractivity contribution in [1.82, 2.24) is 9.55 Å². The molecule has 17 heavy (non-hydrogen) atoms. The van der Waals surface area contributed by atoms with Crippen LogP contribution in [0.2, 0.25) is 0 Å². The summed E-state index contributed by atoms with van der Waals surface area (Å²) in [7, 11) is 0. The van der Waals surface area contributed by atoms with Gasteiger partial charge in [0, 0.05) is 31.0 Å². The average Bonchev–Trinajstić information content (AvgIpc) is 2.63. The summed E-state index contributed by atoms with van der Waals surface area (Å²) >= 11 is 0. The maximum absolute atomic E-state index is 12.3. The Morgan fingerprint density at radius 3 is 2.71 bits per heavy atom. The summed E-state index contributed by atoms with van der Waals surface area (Å²) in [6.45, 7) is 7.14. The fraction of sp³-hybridized carbons (Fsp3) is 0.667. The normalized spacial score (nSPS) is 20.9. The van der Waals surface area contributed by atoms with Gasteiger partial charge in [0.15, 0.2) is 5.82 Å². The second kappa shape index (κ2) is 4.14. The maximum atomic E-state index is 12.3. The van der Waals surface area contributed by atoms with Gasteiger partial charge in [0.2, 0.25) is 0 Å². The van der Waals surface area contributed by atoms with Crippen molar-refractivity contribution in [3.8, 4) is 0 Å². The third-order valence-electron chi connectivity index (χ3n) is 3.01. The van der Waals surface area contributed by atoms with E-state index in [4.69, 9.17) is 0 Å². The standard InChI is InChI=1S/C12H19N3O2/c1-12(2,3)15-7-5-13-10(11(15)17)14-6-4-9(16)8-14/h5,7,9,16H,4,6,8H2,1-3H3. The van der Waals surface area contributed by atoms with Crippen molar-refractivity contribution in [3.05, 3.63) is 22.7 Å². The molecular weight excluding hydrogens is 218 g/mol. The fourth-order valence-corrected chi connectivity index (χ4v) is 2.08. The predicted octanol–water partition coefficient (Wildman–Crippen LogP) is 0.569. The second-order valence-corrected chi connectivity index (χ2v) is 5.49. The lowest BCUT2D eigenvalue weighted by Crippen LogP contribution is -2.38. The lowest BCUT2D eigenvalue weighted by atomic mass is 10.1. The molecule has 0 aromatic carbocycles. The van der Waals surface area contributed by atoms with Crippen LogP contribution in [0.4, 0.5) is 5.82 Å². The topological polar surface area (TPSA) is 58.4 Å². The molecule has 1 aromatic rings. The van der Waals surface area contributed by atoms with Crippen molar-refractivity contribution in [3.63, 3.8) is 0 Å². The molecule has 2 rings (SSSR count). The molecule has 1 aliphatic rings. The van der Waals surface area contributed by atoms with Gasteiger partial charge in [0.25, 0.3) is 5.56 Å². The number of aromatic nitrogens is 2. The van der Waals surface area contributed by atoms with E-state index in [0.29, 0.717) is 25.3 Å². The molecule has 0 saturated carbocycles. The van der Waals surface area contributed by atoms with Gasteiger partial charge in [-0.25, -0.2) is 4.98 Å². The lowest BCUT2D eigenvalue weighted by molar-refractivity contribution is 0.198. The summed E-state index contributed by atoms with van der Waals surface area (Å²) < 4.78 is 1.68. The highest BCUT2D eigenvalue weighted by molar-refractivity contribution is 5.37. The first-order chi connectivity index (χ1) is 7.89. The Hall–Kier alpha value is -1.36. The zero-order chi connectivity index (χ0) is 12.6. The van der Waals surface area contributed by atoms with Gasteiger partial charge < -0.3 is 14.6 Å². The molecule has 5 nitrogen and oxygen atoms in total. The number of anilines is 1. The number of aliphatic hydroxyl groups excluding tert-OH is 1. The zero-order valence-electron chi connectivity index (χ0n) is 10.6. The quantitative estimate of drug-likeness (QED) is 0.775. The number of aliphatic hydroxyl groups is 1. The second-order valence-electron chi connectivity index (χ2n) is 5.49. The number of hydrogen-bond acceptors (Lipinski definition) is 4. The van der Waals surface area contributed by atoms with Gasteiger partial charge in [-0.05, 0) is 27.2 Å². The number of β-amino-alcohol motifs (C(OH)–C–C–N with tert-alkyl or cyclic N) is 1. The zero-order valence-corrected chi connectivity index (χ0v) is 10.6. The van der Waals surface area contributed by atoms with Crippen molar-refractivity contribution in [2.45, 2.75) is 38.8 Å². The van der Waals surface area contributed by atoms with Crippen LogP contribution in [-0.4, -0.2) is 33.9 Å². The summed E-state index contributed by atoms with van der Waals surface area (Å²) in [6.07, 6.45) is 3.70. The van der Waals surface area contributed by atoms with Crippen LogP contribution in [0.15, 0.2) is 17.2 Å². The van der Waals surface area contributed by atoms with Crippen LogP contribution in [0.1, 0.15) is 27.2 Å². The van der Waals surface area contributed by atoms with Crippen LogP contribution in [0, 0.1) is 0 Å². The molecule has 1 saturated heterocycles. The van der Waals surface area contributed by atoms with E-state index in [0.717, 1.165) is 0 Å². The third kappa shape index (κ3) is 2.34. The first-order valence-corrected chi connectivity index (χ1v) is 5.91. The molecule has 1 aliphatic heterocycles. The van der Waals surface area contributed by atoms with Gasteiger partial charge in [0.05, 0.1) is 6.10 Å². The summed E-state index contributed by atoms with van der Waals surface area (Å²) in [6, 6.07) is 0. The van der Waals surface area contributed by atoms with E-state index >= 15 is 0 Å². The van der Waals surface area contributed by atoms with Crippen molar-refractivity contribution < 1.29 is 5.11 Å². The smallest absolute Gasteiger partial charge is 0.293 e. The molecule has 1 aromatic heterocycles. The average molecular weight is 237 g/mol. The third-order valence-corrected chi connectivity index (χ3v) is 3.01. The molecule has 1 fully saturated rings.